The number of aromatic nitrogens is 3. The normalized spacial score (nSPS) is 10.9. The van der Waals surface area contributed by atoms with Crippen LogP contribution in [-0.2, 0) is 13.0 Å². The van der Waals surface area contributed by atoms with E-state index in [0.29, 0.717) is 12.2 Å². The second-order valence-electron chi connectivity index (χ2n) is 4.17. The third kappa shape index (κ3) is 1.93. The molecule has 90 valence electrons. The predicted molar refractivity (Wildman–Crippen MR) is 69.6 cm³/mol. The highest BCUT2D eigenvalue weighted by Crippen LogP contribution is 2.01. The molecule has 0 aliphatic rings. The number of rotatable bonds is 3. The van der Waals surface area contributed by atoms with E-state index in [9.17, 15) is 4.79 Å². The van der Waals surface area contributed by atoms with Crippen molar-refractivity contribution in [3.05, 3.63) is 70.8 Å². The zero-order valence-corrected chi connectivity index (χ0v) is 9.86. The number of pyridine rings is 1. The van der Waals surface area contributed by atoms with E-state index in [1.807, 2.05) is 36.4 Å². The van der Waals surface area contributed by atoms with Gasteiger partial charge in [-0.25, -0.2) is 9.48 Å². The summed E-state index contributed by atoms with van der Waals surface area (Å²) < 4.78 is 3.08. The summed E-state index contributed by atoms with van der Waals surface area (Å²) in [7, 11) is 0. The van der Waals surface area contributed by atoms with Crippen LogP contribution in [0.2, 0.25) is 0 Å². The summed E-state index contributed by atoms with van der Waals surface area (Å²) in [5, 5.41) is 4.29. The molecule has 2 heterocycles. The summed E-state index contributed by atoms with van der Waals surface area (Å²) in [5.74, 6) is 0. The van der Waals surface area contributed by atoms with Crippen LogP contribution in [-0.4, -0.2) is 14.2 Å². The molecule has 1 aromatic carbocycles. The average Bonchev–Trinajstić information content (AvgIpc) is 2.75. The Bertz CT molecular complexity index is 712. The molecule has 4 heteroatoms. The van der Waals surface area contributed by atoms with Crippen molar-refractivity contribution in [1.29, 1.82) is 0 Å². The molecule has 2 aromatic heterocycles. The summed E-state index contributed by atoms with van der Waals surface area (Å²) in [6, 6.07) is 15.6. The fourth-order valence-corrected chi connectivity index (χ4v) is 1.99. The summed E-state index contributed by atoms with van der Waals surface area (Å²) in [5.41, 5.74) is 1.82. The highest BCUT2D eigenvalue weighted by atomic mass is 16.2. The molecule has 0 saturated carbocycles. The van der Waals surface area contributed by atoms with Crippen molar-refractivity contribution in [2.24, 2.45) is 0 Å². The molecular weight excluding hydrogens is 226 g/mol. The predicted octanol–water partition coefficient (Wildman–Crippen LogP) is 1.74. The second-order valence-corrected chi connectivity index (χ2v) is 4.17. The molecule has 0 atom stereocenters. The van der Waals surface area contributed by atoms with Gasteiger partial charge in [0, 0.05) is 6.20 Å². The van der Waals surface area contributed by atoms with Gasteiger partial charge in [0.25, 0.3) is 0 Å². The first-order valence-corrected chi connectivity index (χ1v) is 5.93. The van der Waals surface area contributed by atoms with E-state index in [4.69, 9.17) is 0 Å². The van der Waals surface area contributed by atoms with Crippen molar-refractivity contribution in [3.8, 4) is 0 Å². The van der Waals surface area contributed by atoms with Crippen molar-refractivity contribution in [2.45, 2.75) is 13.0 Å². The van der Waals surface area contributed by atoms with Crippen LogP contribution in [0, 0.1) is 0 Å². The van der Waals surface area contributed by atoms with Gasteiger partial charge in [0.15, 0.2) is 5.65 Å². The monoisotopic (exact) mass is 239 g/mol. The molecule has 3 rings (SSSR count). The molecule has 4 nitrogen and oxygen atoms in total. The fourth-order valence-electron chi connectivity index (χ4n) is 1.99. The van der Waals surface area contributed by atoms with Crippen LogP contribution in [0.3, 0.4) is 0 Å². The van der Waals surface area contributed by atoms with Crippen molar-refractivity contribution < 1.29 is 0 Å². The van der Waals surface area contributed by atoms with Crippen molar-refractivity contribution in [2.75, 3.05) is 0 Å². The van der Waals surface area contributed by atoms with Crippen molar-refractivity contribution in [1.82, 2.24) is 14.2 Å². The minimum atomic E-state index is -0.0819. The second kappa shape index (κ2) is 4.49. The van der Waals surface area contributed by atoms with E-state index in [1.165, 1.54) is 10.2 Å². The molecule has 0 bridgehead atoms. The Labute approximate surface area is 104 Å². The molecule has 0 fully saturated rings. The molecule has 0 N–H and O–H groups in total. The molecule has 0 spiro atoms. The minimum Gasteiger partial charge on any atom is -0.250 e. The van der Waals surface area contributed by atoms with Gasteiger partial charge in [-0.2, -0.15) is 0 Å². The maximum Gasteiger partial charge on any atom is 0.350 e. The van der Waals surface area contributed by atoms with Crippen LogP contribution >= 0.6 is 0 Å². The largest absolute Gasteiger partial charge is 0.350 e. The third-order valence-corrected chi connectivity index (χ3v) is 2.94. The number of nitrogens with zero attached hydrogens (tertiary/aromatic N) is 3. The summed E-state index contributed by atoms with van der Waals surface area (Å²) in [4.78, 5) is 12.0. The highest BCUT2D eigenvalue weighted by molar-refractivity contribution is 5.35. The van der Waals surface area contributed by atoms with Gasteiger partial charge in [-0.3, -0.25) is 4.40 Å². The smallest absolute Gasteiger partial charge is 0.250 e. The Balaban J connectivity index is 1.87. The highest BCUT2D eigenvalue weighted by Gasteiger charge is 2.05. The molecule has 3 aromatic rings. The summed E-state index contributed by atoms with van der Waals surface area (Å²) in [6.07, 6.45) is 2.55. The summed E-state index contributed by atoms with van der Waals surface area (Å²) in [6.45, 7) is 0.602. The number of hydrogen-bond acceptors (Lipinski definition) is 2. The number of hydrogen-bond donors (Lipinski definition) is 0. The van der Waals surface area contributed by atoms with E-state index in [1.54, 1.807) is 10.6 Å². The first-order chi connectivity index (χ1) is 8.84. The Hall–Kier alpha value is -2.36. The first kappa shape index (κ1) is 10.8. The quantitative estimate of drug-likeness (QED) is 0.698. The lowest BCUT2D eigenvalue weighted by molar-refractivity contribution is 0.593. The van der Waals surface area contributed by atoms with Gasteiger partial charge in [0.05, 0.1) is 6.54 Å². The molecule has 18 heavy (non-hydrogen) atoms. The average molecular weight is 239 g/mol. The van der Waals surface area contributed by atoms with Crippen LogP contribution in [0.1, 0.15) is 5.56 Å². The van der Waals surface area contributed by atoms with Gasteiger partial charge in [0.1, 0.15) is 0 Å². The molecule has 0 unspecified atom stereocenters. The van der Waals surface area contributed by atoms with Crippen molar-refractivity contribution in [3.63, 3.8) is 0 Å². The Morgan fingerprint density at radius 2 is 1.78 bits per heavy atom. The third-order valence-electron chi connectivity index (χ3n) is 2.94. The van der Waals surface area contributed by atoms with Gasteiger partial charge in [-0.05, 0) is 24.1 Å². The SMILES string of the molecule is O=c1n(CCc2ccccc2)nc2ccccn12. The maximum atomic E-state index is 12.0. The van der Waals surface area contributed by atoms with Crippen LogP contribution in [0.5, 0.6) is 0 Å². The van der Waals surface area contributed by atoms with E-state index in [2.05, 4.69) is 17.2 Å². The molecule has 0 amide bonds. The fraction of sp³-hybridized carbons (Fsp3) is 0.143. The lowest BCUT2D eigenvalue weighted by Crippen LogP contribution is -2.21. The summed E-state index contributed by atoms with van der Waals surface area (Å²) >= 11 is 0. The van der Waals surface area contributed by atoms with Gasteiger partial charge in [-0.1, -0.05) is 36.4 Å². The van der Waals surface area contributed by atoms with E-state index in [-0.39, 0.29) is 5.69 Å². The molecular formula is C14H13N3O. The number of aryl methyl sites for hydroxylation is 2. The Morgan fingerprint density at radius 3 is 2.56 bits per heavy atom. The first-order valence-electron chi connectivity index (χ1n) is 5.93. The molecule has 0 radical (unpaired) electrons. The van der Waals surface area contributed by atoms with Gasteiger partial charge < -0.3 is 0 Å². The molecule has 0 aliphatic carbocycles. The number of benzene rings is 1. The van der Waals surface area contributed by atoms with Gasteiger partial charge >= 0.3 is 5.69 Å². The van der Waals surface area contributed by atoms with Gasteiger partial charge in [-0.15, -0.1) is 5.10 Å². The maximum absolute atomic E-state index is 12.0. The minimum absolute atomic E-state index is 0.0819. The Morgan fingerprint density at radius 1 is 1.00 bits per heavy atom. The van der Waals surface area contributed by atoms with Crippen LogP contribution in [0.15, 0.2) is 59.5 Å². The van der Waals surface area contributed by atoms with Crippen LogP contribution in [0.25, 0.3) is 5.65 Å². The van der Waals surface area contributed by atoms with E-state index >= 15 is 0 Å². The topological polar surface area (TPSA) is 39.3 Å². The van der Waals surface area contributed by atoms with Gasteiger partial charge in [0.2, 0.25) is 0 Å². The van der Waals surface area contributed by atoms with Crippen LogP contribution < -0.4 is 5.69 Å². The Kier molecular flexibility index (Phi) is 2.68. The van der Waals surface area contributed by atoms with E-state index < -0.39 is 0 Å². The zero-order chi connectivity index (χ0) is 12.4. The lowest BCUT2D eigenvalue weighted by atomic mass is 10.2. The molecule has 0 saturated heterocycles. The number of fused-ring (bicyclic) bond motifs is 1. The standard InChI is InChI=1S/C14H13N3O/c18-14-16-10-5-4-8-13(16)15-17(14)11-9-12-6-2-1-3-7-12/h1-8,10H,9,11H2. The van der Waals surface area contributed by atoms with Crippen molar-refractivity contribution >= 4 is 5.65 Å². The van der Waals surface area contributed by atoms with Crippen LogP contribution in [0.4, 0.5) is 0 Å². The van der Waals surface area contributed by atoms with E-state index in [0.717, 1.165) is 6.42 Å². The molecule has 0 aliphatic heterocycles. The lowest BCUT2D eigenvalue weighted by Gasteiger charge is -1.99. The zero-order valence-electron chi connectivity index (χ0n) is 9.86.